The summed E-state index contributed by atoms with van der Waals surface area (Å²) in [6.45, 7) is 19.1. The lowest BCUT2D eigenvalue weighted by molar-refractivity contribution is -0.988. The first kappa shape index (κ1) is 15.3. The lowest BCUT2D eigenvalue weighted by Crippen LogP contribution is -2.71. The van der Waals surface area contributed by atoms with Gasteiger partial charge in [0.25, 0.3) is 0 Å². The number of ether oxygens (including phenoxy) is 1. The molecular formula is C16H30NO+. The molecule has 0 spiro atoms. The first-order chi connectivity index (χ1) is 7.91. The lowest BCUT2D eigenvalue weighted by atomic mass is 9.76. The van der Waals surface area contributed by atoms with E-state index in [4.69, 9.17) is 4.74 Å². The molecule has 1 aliphatic rings. The summed E-state index contributed by atoms with van der Waals surface area (Å²) in [6, 6.07) is 0. The molecule has 0 aromatic carbocycles. The number of hydrogen-bond acceptors (Lipinski definition) is 1. The monoisotopic (exact) mass is 252 g/mol. The molecule has 0 unspecified atom stereocenters. The van der Waals surface area contributed by atoms with E-state index >= 15 is 0 Å². The molecule has 18 heavy (non-hydrogen) atoms. The molecule has 0 aliphatic carbocycles. The first-order valence-electron chi connectivity index (χ1n) is 6.76. The van der Waals surface area contributed by atoms with E-state index in [1.54, 1.807) is 0 Å². The summed E-state index contributed by atoms with van der Waals surface area (Å²) in [5.74, 6) is 0.735. The van der Waals surface area contributed by atoms with Crippen molar-refractivity contribution in [1.29, 1.82) is 0 Å². The first-order valence-corrected chi connectivity index (χ1v) is 6.76. The van der Waals surface area contributed by atoms with Crippen LogP contribution in [0.4, 0.5) is 0 Å². The normalized spacial score (nSPS) is 25.5. The molecule has 2 heteroatoms. The smallest absolute Gasteiger partial charge is 0.114 e. The van der Waals surface area contributed by atoms with Crippen LogP contribution in [0.1, 0.15) is 47.5 Å². The van der Waals surface area contributed by atoms with Gasteiger partial charge in [-0.25, -0.2) is 0 Å². The van der Waals surface area contributed by atoms with Crippen molar-refractivity contribution < 1.29 is 9.22 Å². The van der Waals surface area contributed by atoms with E-state index in [2.05, 4.69) is 54.9 Å². The minimum atomic E-state index is 0.196. The predicted molar refractivity (Wildman–Crippen MR) is 78.3 cm³/mol. The maximum Gasteiger partial charge on any atom is 0.114 e. The Bertz CT molecular complexity index is 343. The highest BCUT2D eigenvalue weighted by Gasteiger charge is 2.54. The van der Waals surface area contributed by atoms with Gasteiger partial charge < -0.3 is 9.22 Å². The zero-order valence-corrected chi connectivity index (χ0v) is 13.3. The summed E-state index contributed by atoms with van der Waals surface area (Å²) in [5, 5.41) is 0. The Morgan fingerprint density at radius 3 is 1.78 bits per heavy atom. The highest BCUT2D eigenvalue weighted by Crippen LogP contribution is 2.44. The highest BCUT2D eigenvalue weighted by molar-refractivity contribution is 5.16. The van der Waals surface area contributed by atoms with Crippen LogP contribution in [0.3, 0.4) is 0 Å². The van der Waals surface area contributed by atoms with E-state index in [-0.39, 0.29) is 17.2 Å². The average Bonchev–Trinajstić information content (AvgIpc) is 2.13. The summed E-state index contributed by atoms with van der Waals surface area (Å²) in [7, 11) is 4.65. The molecule has 1 rings (SSSR count). The highest BCUT2D eigenvalue weighted by atomic mass is 16.5. The molecule has 1 fully saturated rings. The summed E-state index contributed by atoms with van der Waals surface area (Å²) in [6.07, 6.45) is 2.34. The van der Waals surface area contributed by atoms with Crippen molar-refractivity contribution in [2.45, 2.75) is 64.6 Å². The molecule has 1 heterocycles. The molecule has 1 aliphatic heterocycles. The van der Waals surface area contributed by atoms with Gasteiger partial charge >= 0.3 is 0 Å². The molecule has 0 aromatic rings. The van der Waals surface area contributed by atoms with E-state index in [1.165, 1.54) is 0 Å². The second-order valence-electron chi connectivity index (χ2n) is 7.43. The summed E-state index contributed by atoms with van der Waals surface area (Å²) >= 11 is 0. The van der Waals surface area contributed by atoms with Gasteiger partial charge in [-0.3, -0.25) is 0 Å². The van der Waals surface area contributed by atoms with Crippen LogP contribution in [-0.4, -0.2) is 35.8 Å². The van der Waals surface area contributed by atoms with Crippen LogP contribution in [0.25, 0.3) is 0 Å². The second-order valence-corrected chi connectivity index (χ2v) is 7.43. The van der Waals surface area contributed by atoms with Gasteiger partial charge in [0.2, 0.25) is 0 Å². The van der Waals surface area contributed by atoms with Crippen molar-refractivity contribution in [3.63, 3.8) is 0 Å². The van der Waals surface area contributed by atoms with Crippen LogP contribution in [0.2, 0.25) is 0 Å². The Morgan fingerprint density at radius 2 is 1.44 bits per heavy atom. The number of likely N-dealkylation sites (tertiary alicyclic amines) is 1. The number of nitrogens with zero attached hydrogens (tertiary/aromatic N) is 1. The molecule has 0 atom stereocenters. The van der Waals surface area contributed by atoms with Gasteiger partial charge in [-0.1, -0.05) is 13.2 Å². The van der Waals surface area contributed by atoms with Gasteiger partial charge in [0.1, 0.15) is 11.9 Å². The van der Waals surface area contributed by atoms with Crippen molar-refractivity contribution in [1.82, 2.24) is 0 Å². The van der Waals surface area contributed by atoms with Gasteiger partial charge in [0, 0.05) is 12.8 Å². The molecule has 0 amide bonds. The number of quaternary nitrogens is 1. The second kappa shape index (κ2) is 4.41. The van der Waals surface area contributed by atoms with E-state index in [1.807, 2.05) is 6.92 Å². The topological polar surface area (TPSA) is 9.23 Å². The number of piperidine rings is 1. The Kier molecular flexibility index (Phi) is 3.75. The maximum atomic E-state index is 6.01. The SMILES string of the molecule is C=C(C)C(=C)OC1CC(C)(C)[N+](C)(C)C(C)(C)C1. The summed E-state index contributed by atoms with van der Waals surface area (Å²) in [4.78, 5) is 0. The van der Waals surface area contributed by atoms with E-state index in [9.17, 15) is 0 Å². The van der Waals surface area contributed by atoms with E-state index < -0.39 is 0 Å². The van der Waals surface area contributed by atoms with Crippen LogP contribution in [-0.2, 0) is 4.74 Å². The summed E-state index contributed by atoms with van der Waals surface area (Å²) in [5.41, 5.74) is 1.31. The molecule has 0 saturated carbocycles. The van der Waals surface area contributed by atoms with Gasteiger partial charge in [0.15, 0.2) is 0 Å². The van der Waals surface area contributed by atoms with Crippen LogP contribution < -0.4 is 0 Å². The standard InChI is InChI=1S/C16H30NO/c1-12(2)13(3)18-14-10-15(4,5)17(8,9)16(6,7)11-14/h14H,1,3,10-11H2,2,4-9H3/q+1. The zero-order chi connectivity index (χ0) is 14.4. The third kappa shape index (κ3) is 2.49. The molecule has 0 N–H and O–H groups in total. The molecule has 0 bridgehead atoms. The zero-order valence-electron chi connectivity index (χ0n) is 13.3. The van der Waals surface area contributed by atoms with Crippen molar-refractivity contribution in [2.24, 2.45) is 0 Å². The number of hydrogen-bond donors (Lipinski definition) is 0. The lowest BCUT2D eigenvalue weighted by Gasteiger charge is -2.59. The third-order valence-corrected chi connectivity index (χ3v) is 5.27. The van der Waals surface area contributed by atoms with Crippen LogP contribution in [0, 0.1) is 0 Å². The summed E-state index contributed by atoms with van der Waals surface area (Å²) < 4.78 is 7.03. The Morgan fingerprint density at radius 1 is 1.06 bits per heavy atom. The van der Waals surface area contributed by atoms with Crippen molar-refractivity contribution in [3.8, 4) is 0 Å². The van der Waals surface area contributed by atoms with Crippen molar-refractivity contribution in [3.05, 3.63) is 24.5 Å². The van der Waals surface area contributed by atoms with E-state index in [0.717, 1.165) is 28.7 Å². The van der Waals surface area contributed by atoms with Crippen LogP contribution in [0.15, 0.2) is 24.5 Å². The Hall–Kier alpha value is -0.760. The maximum absolute atomic E-state index is 6.01. The molecule has 0 radical (unpaired) electrons. The largest absolute Gasteiger partial charge is 0.490 e. The Labute approximate surface area is 113 Å². The predicted octanol–water partition coefficient (Wildman–Crippen LogP) is 3.89. The van der Waals surface area contributed by atoms with Crippen LogP contribution >= 0.6 is 0 Å². The minimum absolute atomic E-state index is 0.196. The molecule has 1 saturated heterocycles. The fourth-order valence-corrected chi connectivity index (χ4v) is 2.85. The van der Waals surface area contributed by atoms with Crippen molar-refractivity contribution in [2.75, 3.05) is 14.1 Å². The average molecular weight is 252 g/mol. The quantitative estimate of drug-likeness (QED) is 0.421. The fraction of sp³-hybridized carbons (Fsp3) is 0.750. The third-order valence-electron chi connectivity index (χ3n) is 5.27. The van der Waals surface area contributed by atoms with Crippen LogP contribution in [0.5, 0.6) is 0 Å². The van der Waals surface area contributed by atoms with Gasteiger partial charge in [-0.05, 0) is 40.2 Å². The molecule has 0 aromatic heterocycles. The molecular weight excluding hydrogens is 222 g/mol. The van der Waals surface area contributed by atoms with Crippen molar-refractivity contribution >= 4 is 0 Å². The van der Waals surface area contributed by atoms with Gasteiger partial charge in [-0.15, -0.1) is 0 Å². The number of rotatable bonds is 3. The van der Waals surface area contributed by atoms with Gasteiger partial charge in [0.05, 0.1) is 25.2 Å². The fourth-order valence-electron chi connectivity index (χ4n) is 2.85. The number of allylic oxidation sites excluding steroid dienone is 1. The molecule has 2 nitrogen and oxygen atoms in total. The molecule has 104 valence electrons. The minimum Gasteiger partial charge on any atom is -0.490 e. The van der Waals surface area contributed by atoms with Gasteiger partial charge in [-0.2, -0.15) is 0 Å². The Balaban J connectivity index is 2.91. The van der Waals surface area contributed by atoms with E-state index in [0.29, 0.717) is 0 Å².